The first-order valence-electron chi connectivity index (χ1n) is 2.43. The summed E-state index contributed by atoms with van der Waals surface area (Å²) in [6, 6.07) is 6.50. The lowest BCUT2D eigenvalue weighted by molar-refractivity contribution is 1.28. The molecule has 0 bridgehead atoms. The molecule has 1 aromatic rings. The van der Waals surface area contributed by atoms with Crippen molar-refractivity contribution in [2.45, 2.75) is 0 Å². The molecule has 0 aliphatic carbocycles. The van der Waals surface area contributed by atoms with Crippen molar-refractivity contribution in [1.82, 2.24) is 4.98 Å². The standard InChI is InChI=1S/C6H7N2/c1-7-6-4-2-3-5-8-6/h2,4-5H,1H3,(H,7,8). The summed E-state index contributed by atoms with van der Waals surface area (Å²) >= 11 is 0. The van der Waals surface area contributed by atoms with Gasteiger partial charge in [-0.15, -0.1) is 0 Å². The van der Waals surface area contributed by atoms with Crippen LogP contribution < -0.4 is 5.32 Å². The van der Waals surface area contributed by atoms with Crippen molar-refractivity contribution in [1.29, 1.82) is 0 Å². The van der Waals surface area contributed by atoms with Crippen LogP contribution >= 0.6 is 0 Å². The van der Waals surface area contributed by atoms with Crippen LogP contribution in [0.2, 0.25) is 0 Å². The van der Waals surface area contributed by atoms with Crippen molar-refractivity contribution >= 4 is 5.82 Å². The molecule has 0 atom stereocenters. The fourth-order valence-corrected chi connectivity index (χ4v) is 0.468. The first-order chi connectivity index (χ1) is 3.93. The monoisotopic (exact) mass is 107 g/mol. The maximum Gasteiger partial charge on any atom is 0.125 e. The van der Waals surface area contributed by atoms with Gasteiger partial charge < -0.3 is 5.32 Å². The number of aromatic nitrogens is 1. The molecule has 0 saturated heterocycles. The number of rotatable bonds is 1. The molecule has 0 aromatic carbocycles. The van der Waals surface area contributed by atoms with E-state index in [1.807, 2.05) is 19.2 Å². The summed E-state index contributed by atoms with van der Waals surface area (Å²) in [6.45, 7) is 0. The van der Waals surface area contributed by atoms with E-state index in [0.717, 1.165) is 5.82 Å². The molecular weight excluding hydrogens is 100 g/mol. The van der Waals surface area contributed by atoms with Gasteiger partial charge in [0.1, 0.15) is 5.82 Å². The van der Waals surface area contributed by atoms with E-state index in [1.165, 1.54) is 0 Å². The van der Waals surface area contributed by atoms with Crippen LogP contribution in [0.5, 0.6) is 0 Å². The van der Waals surface area contributed by atoms with Gasteiger partial charge in [-0.05, 0) is 12.1 Å². The largest absolute Gasteiger partial charge is 0.373 e. The normalized spacial score (nSPS) is 8.62. The molecule has 0 fully saturated rings. The predicted molar refractivity (Wildman–Crippen MR) is 32.6 cm³/mol. The van der Waals surface area contributed by atoms with Crippen molar-refractivity contribution in [3.05, 3.63) is 24.4 Å². The van der Waals surface area contributed by atoms with Crippen LogP contribution in [0.15, 0.2) is 18.3 Å². The lowest BCUT2D eigenvalue weighted by atomic mass is 10.5. The SMILES string of the molecule is CNc1cc[c]cn1. The summed E-state index contributed by atoms with van der Waals surface area (Å²) in [5, 5.41) is 2.90. The minimum atomic E-state index is 0.878. The van der Waals surface area contributed by atoms with Crippen LogP contribution in [0.4, 0.5) is 5.82 Å². The molecule has 41 valence electrons. The van der Waals surface area contributed by atoms with E-state index >= 15 is 0 Å². The third kappa shape index (κ3) is 0.964. The molecule has 0 aliphatic heterocycles. The zero-order chi connectivity index (χ0) is 5.82. The minimum Gasteiger partial charge on any atom is -0.373 e. The molecule has 0 spiro atoms. The van der Waals surface area contributed by atoms with Crippen LogP contribution in [0.1, 0.15) is 0 Å². The Morgan fingerprint density at radius 3 is 3.00 bits per heavy atom. The van der Waals surface area contributed by atoms with Crippen LogP contribution in [0, 0.1) is 6.07 Å². The fraction of sp³-hybridized carbons (Fsp3) is 0.167. The van der Waals surface area contributed by atoms with Gasteiger partial charge in [-0.25, -0.2) is 4.98 Å². The number of hydrogen-bond acceptors (Lipinski definition) is 2. The highest BCUT2D eigenvalue weighted by Crippen LogP contribution is 1.95. The molecule has 1 aromatic heterocycles. The van der Waals surface area contributed by atoms with Gasteiger partial charge in [0.25, 0.3) is 0 Å². The van der Waals surface area contributed by atoms with Gasteiger partial charge in [-0.2, -0.15) is 0 Å². The number of hydrogen-bond donors (Lipinski definition) is 1. The van der Waals surface area contributed by atoms with Gasteiger partial charge in [-0.3, -0.25) is 0 Å². The molecule has 0 aliphatic rings. The highest BCUT2D eigenvalue weighted by molar-refractivity contribution is 5.31. The smallest absolute Gasteiger partial charge is 0.125 e. The van der Waals surface area contributed by atoms with Gasteiger partial charge in [0.15, 0.2) is 0 Å². The molecule has 0 amide bonds. The summed E-state index contributed by atoms with van der Waals surface area (Å²) < 4.78 is 0. The van der Waals surface area contributed by atoms with E-state index in [1.54, 1.807) is 6.20 Å². The van der Waals surface area contributed by atoms with Crippen molar-refractivity contribution in [3.8, 4) is 0 Å². The van der Waals surface area contributed by atoms with E-state index in [-0.39, 0.29) is 0 Å². The quantitative estimate of drug-likeness (QED) is 0.577. The molecule has 1 heterocycles. The van der Waals surface area contributed by atoms with Gasteiger partial charge in [0.2, 0.25) is 0 Å². The number of nitrogens with one attached hydrogen (secondary N) is 1. The summed E-state index contributed by atoms with van der Waals surface area (Å²) in [5.41, 5.74) is 0. The molecule has 0 unspecified atom stereocenters. The van der Waals surface area contributed by atoms with Gasteiger partial charge in [0, 0.05) is 19.3 Å². The van der Waals surface area contributed by atoms with Gasteiger partial charge in [0.05, 0.1) is 0 Å². The van der Waals surface area contributed by atoms with E-state index in [2.05, 4.69) is 16.4 Å². The third-order valence-corrected chi connectivity index (χ3v) is 0.872. The fourth-order valence-electron chi connectivity index (χ4n) is 0.468. The van der Waals surface area contributed by atoms with Crippen molar-refractivity contribution < 1.29 is 0 Å². The van der Waals surface area contributed by atoms with E-state index in [0.29, 0.717) is 0 Å². The summed E-state index contributed by atoms with van der Waals surface area (Å²) in [5.74, 6) is 0.878. The number of pyridine rings is 1. The zero-order valence-electron chi connectivity index (χ0n) is 4.68. The Morgan fingerprint density at radius 1 is 1.75 bits per heavy atom. The molecule has 2 heteroatoms. The lowest BCUT2D eigenvalue weighted by Crippen LogP contribution is -1.88. The van der Waals surface area contributed by atoms with E-state index in [9.17, 15) is 0 Å². The second kappa shape index (κ2) is 2.31. The maximum absolute atomic E-state index is 3.93. The Kier molecular flexibility index (Phi) is 1.47. The highest BCUT2D eigenvalue weighted by atomic mass is 14.9. The average molecular weight is 107 g/mol. The van der Waals surface area contributed by atoms with Crippen molar-refractivity contribution in [3.63, 3.8) is 0 Å². The van der Waals surface area contributed by atoms with E-state index < -0.39 is 0 Å². The number of anilines is 1. The first-order valence-corrected chi connectivity index (χ1v) is 2.43. The maximum atomic E-state index is 3.93. The molecule has 2 nitrogen and oxygen atoms in total. The topological polar surface area (TPSA) is 24.9 Å². The van der Waals surface area contributed by atoms with Gasteiger partial charge >= 0.3 is 0 Å². The Balaban J connectivity index is 2.83. The summed E-state index contributed by atoms with van der Waals surface area (Å²) in [4.78, 5) is 3.93. The molecule has 0 saturated carbocycles. The molecule has 1 radical (unpaired) electrons. The molecule has 1 N–H and O–H groups in total. The third-order valence-electron chi connectivity index (χ3n) is 0.872. The van der Waals surface area contributed by atoms with E-state index in [4.69, 9.17) is 0 Å². The van der Waals surface area contributed by atoms with Crippen LogP contribution in [0.25, 0.3) is 0 Å². The summed E-state index contributed by atoms with van der Waals surface area (Å²) in [7, 11) is 1.84. The highest BCUT2D eigenvalue weighted by Gasteiger charge is 1.79. The molecule has 8 heavy (non-hydrogen) atoms. The van der Waals surface area contributed by atoms with Gasteiger partial charge in [-0.1, -0.05) is 0 Å². The van der Waals surface area contributed by atoms with Crippen LogP contribution in [-0.4, -0.2) is 12.0 Å². The van der Waals surface area contributed by atoms with Crippen LogP contribution in [0.3, 0.4) is 0 Å². The average Bonchev–Trinajstić information content (AvgIpc) is 1.90. The Hall–Kier alpha value is -1.05. The molecular formula is C6H7N2. The lowest BCUT2D eigenvalue weighted by Gasteiger charge is -1.92. The Labute approximate surface area is 48.6 Å². The second-order valence-electron chi connectivity index (χ2n) is 1.39. The van der Waals surface area contributed by atoms with Crippen molar-refractivity contribution in [2.75, 3.05) is 12.4 Å². The predicted octanol–water partition coefficient (Wildman–Crippen LogP) is 0.923. The Morgan fingerprint density at radius 2 is 2.62 bits per heavy atom. The second-order valence-corrected chi connectivity index (χ2v) is 1.39. The van der Waals surface area contributed by atoms with Crippen LogP contribution in [-0.2, 0) is 0 Å². The minimum absolute atomic E-state index is 0.878. The Bertz CT molecular complexity index is 148. The summed E-state index contributed by atoms with van der Waals surface area (Å²) in [6.07, 6.45) is 1.63. The molecule has 1 rings (SSSR count). The van der Waals surface area contributed by atoms with Crippen molar-refractivity contribution in [2.24, 2.45) is 0 Å². The first kappa shape index (κ1) is 5.09. The number of nitrogens with zero attached hydrogens (tertiary/aromatic N) is 1. The zero-order valence-corrected chi connectivity index (χ0v) is 4.68.